The van der Waals surface area contributed by atoms with E-state index >= 15 is 0 Å². The van der Waals surface area contributed by atoms with E-state index in [1.165, 1.54) is 5.56 Å². The fourth-order valence-electron chi connectivity index (χ4n) is 2.91. The first-order valence-corrected chi connectivity index (χ1v) is 7.99. The molecule has 4 rings (SSSR count). The Morgan fingerprint density at radius 2 is 1.83 bits per heavy atom. The summed E-state index contributed by atoms with van der Waals surface area (Å²) < 4.78 is 6.06. The first-order chi connectivity index (χ1) is 11.8. The normalized spacial score (nSPS) is 12.6. The molecule has 1 aliphatic rings. The Balaban J connectivity index is 1.62. The van der Waals surface area contributed by atoms with E-state index < -0.39 is 0 Å². The largest absolute Gasteiger partial charge is 0.488 e. The zero-order valence-electron chi connectivity index (χ0n) is 13.3. The highest BCUT2D eigenvalue weighted by Gasteiger charge is 2.16. The van der Waals surface area contributed by atoms with E-state index in [1.807, 2.05) is 42.6 Å². The van der Waals surface area contributed by atoms with Crippen LogP contribution in [0.5, 0.6) is 5.75 Å². The Bertz CT molecular complexity index is 887. The van der Waals surface area contributed by atoms with Gasteiger partial charge in [-0.15, -0.1) is 0 Å². The number of anilines is 1. The molecule has 0 atom stereocenters. The van der Waals surface area contributed by atoms with Crippen molar-refractivity contribution in [1.82, 2.24) is 4.98 Å². The highest BCUT2D eigenvalue weighted by molar-refractivity contribution is 5.73. The van der Waals surface area contributed by atoms with Gasteiger partial charge >= 0.3 is 0 Å². The van der Waals surface area contributed by atoms with Gasteiger partial charge in [-0.1, -0.05) is 55.1 Å². The summed E-state index contributed by atoms with van der Waals surface area (Å²) >= 11 is 0. The van der Waals surface area contributed by atoms with E-state index in [4.69, 9.17) is 4.74 Å². The van der Waals surface area contributed by atoms with Crippen LogP contribution in [0.25, 0.3) is 11.1 Å². The van der Waals surface area contributed by atoms with Gasteiger partial charge in [0.05, 0.1) is 0 Å². The fraction of sp³-hybridized carbons (Fsp3) is 0.0952. The lowest BCUT2D eigenvalue weighted by Crippen LogP contribution is -1.97. The van der Waals surface area contributed by atoms with Crippen molar-refractivity contribution in [3.8, 4) is 16.9 Å². The maximum atomic E-state index is 6.06. The van der Waals surface area contributed by atoms with Crippen molar-refractivity contribution in [2.24, 2.45) is 0 Å². The zero-order valence-corrected chi connectivity index (χ0v) is 13.3. The molecule has 3 heteroatoms. The molecule has 1 aromatic heterocycles. The lowest BCUT2D eigenvalue weighted by molar-refractivity contribution is 0.307. The molecule has 1 N–H and O–H groups in total. The Hall–Kier alpha value is -3.07. The fourth-order valence-corrected chi connectivity index (χ4v) is 2.91. The van der Waals surface area contributed by atoms with E-state index in [-0.39, 0.29) is 0 Å². The molecule has 3 nitrogen and oxygen atoms in total. The third-order valence-corrected chi connectivity index (χ3v) is 4.10. The number of pyridine rings is 1. The minimum Gasteiger partial charge on any atom is -0.488 e. The molecule has 24 heavy (non-hydrogen) atoms. The highest BCUT2D eigenvalue weighted by atomic mass is 16.5. The molecule has 0 spiro atoms. The minimum absolute atomic E-state index is 0.550. The van der Waals surface area contributed by atoms with E-state index in [0.29, 0.717) is 6.61 Å². The molecule has 2 heterocycles. The third-order valence-electron chi connectivity index (χ3n) is 4.10. The van der Waals surface area contributed by atoms with Gasteiger partial charge in [0.2, 0.25) is 0 Å². The van der Waals surface area contributed by atoms with Gasteiger partial charge in [0.25, 0.3) is 0 Å². The smallest absolute Gasteiger partial charge is 0.133 e. The number of nitrogens with zero attached hydrogens (tertiary/aromatic N) is 1. The second-order valence-electron chi connectivity index (χ2n) is 5.91. The SMILES string of the molecule is C=C1Cc2cc(-c3ccccc3OCc3ccccc3)cnc2N1. The number of rotatable bonds is 4. The van der Waals surface area contributed by atoms with Crippen molar-refractivity contribution in [3.63, 3.8) is 0 Å². The molecule has 0 saturated carbocycles. The lowest BCUT2D eigenvalue weighted by Gasteiger charge is -2.12. The van der Waals surface area contributed by atoms with Crippen LogP contribution in [0.15, 0.2) is 79.1 Å². The number of para-hydroxylation sites is 1. The van der Waals surface area contributed by atoms with Crippen LogP contribution in [0.2, 0.25) is 0 Å². The van der Waals surface area contributed by atoms with E-state index in [9.17, 15) is 0 Å². The van der Waals surface area contributed by atoms with Crippen LogP contribution in [0.1, 0.15) is 11.1 Å². The number of aromatic nitrogens is 1. The van der Waals surface area contributed by atoms with Gasteiger partial charge in [-0.2, -0.15) is 0 Å². The zero-order chi connectivity index (χ0) is 16.4. The van der Waals surface area contributed by atoms with Crippen LogP contribution >= 0.6 is 0 Å². The van der Waals surface area contributed by atoms with Gasteiger partial charge < -0.3 is 10.1 Å². The Kier molecular flexibility index (Phi) is 3.75. The topological polar surface area (TPSA) is 34.1 Å². The first-order valence-electron chi connectivity index (χ1n) is 7.99. The number of ether oxygens (including phenoxy) is 1. The van der Waals surface area contributed by atoms with Crippen molar-refractivity contribution in [2.75, 3.05) is 5.32 Å². The number of hydrogen-bond acceptors (Lipinski definition) is 3. The van der Waals surface area contributed by atoms with Crippen molar-refractivity contribution in [2.45, 2.75) is 13.0 Å². The summed E-state index contributed by atoms with van der Waals surface area (Å²) in [6.45, 7) is 4.53. The molecule has 0 amide bonds. The summed E-state index contributed by atoms with van der Waals surface area (Å²) in [7, 11) is 0. The van der Waals surface area contributed by atoms with Crippen molar-refractivity contribution in [1.29, 1.82) is 0 Å². The summed E-state index contributed by atoms with van der Waals surface area (Å²) in [4.78, 5) is 4.52. The molecule has 0 saturated heterocycles. The monoisotopic (exact) mass is 314 g/mol. The van der Waals surface area contributed by atoms with Gasteiger partial charge in [0.15, 0.2) is 0 Å². The van der Waals surface area contributed by atoms with Crippen LogP contribution in [0, 0.1) is 0 Å². The molecule has 0 fully saturated rings. The number of benzene rings is 2. The number of nitrogens with one attached hydrogen (secondary N) is 1. The van der Waals surface area contributed by atoms with Gasteiger partial charge in [0.1, 0.15) is 18.2 Å². The number of allylic oxidation sites excluding steroid dienone is 1. The summed E-state index contributed by atoms with van der Waals surface area (Å²) in [6.07, 6.45) is 2.71. The van der Waals surface area contributed by atoms with E-state index in [1.54, 1.807) is 0 Å². The molecule has 3 aromatic rings. The third kappa shape index (κ3) is 2.88. The van der Waals surface area contributed by atoms with Crippen LogP contribution in [0.4, 0.5) is 5.82 Å². The number of fused-ring (bicyclic) bond motifs is 1. The van der Waals surface area contributed by atoms with Gasteiger partial charge in [-0.3, -0.25) is 0 Å². The molecular formula is C21H18N2O. The van der Waals surface area contributed by atoms with Crippen molar-refractivity contribution >= 4 is 5.82 Å². The Morgan fingerprint density at radius 1 is 1.04 bits per heavy atom. The predicted octanol–water partition coefficient (Wildman–Crippen LogP) is 4.81. The molecule has 0 radical (unpaired) electrons. The molecule has 0 bridgehead atoms. The summed E-state index contributed by atoms with van der Waals surface area (Å²) in [5.41, 5.74) is 5.44. The van der Waals surface area contributed by atoms with E-state index in [2.05, 4.69) is 41.1 Å². The standard InChI is InChI=1S/C21H18N2O/c1-15-11-17-12-18(13-22-21(17)23-15)19-9-5-6-10-20(19)24-14-16-7-3-2-4-8-16/h2-10,12-13H,1,11,14H2,(H,22,23). The minimum atomic E-state index is 0.550. The van der Waals surface area contributed by atoms with Gasteiger partial charge in [-0.25, -0.2) is 4.98 Å². The maximum Gasteiger partial charge on any atom is 0.133 e. The van der Waals surface area contributed by atoms with Crippen LogP contribution in [0.3, 0.4) is 0 Å². The van der Waals surface area contributed by atoms with Gasteiger partial charge in [0, 0.05) is 35.0 Å². The molecule has 118 valence electrons. The lowest BCUT2D eigenvalue weighted by atomic mass is 10.0. The second-order valence-corrected chi connectivity index (χ2v) is 5.91. The van der Waals surface area contributed by atoms with E-state index in [0.717, 1.165) is 40.4 Å². The van der Waals surface area contributed by atoms with Gasteiger partial charge in [-0.05, 0) is 17.7 Å². The Morgan fingerprint density at radius 3 is 2.71 bits per heavy atom. The number of hydrogen-bond donors (Lipinski definition) is 1. The summed E-state index contributed by atoms with van der Waals surface area (Å²) in [5.74, 6) is 1.78. The molecule has 2 aromatic carbocycles. The van der Waals surface area contributed by atoms with Crippen molar-refractivity contribution in [3.05, 3.63) is 90.3 Å². The molecular weight excluding hydrogens is 296 g/mol. The summed E-state index contributed by atoms with van der Waals surface area (Å²) in [5, 5.41) is 3.20. The molecule has 1 aliphatic heterocycles. The Labute approximate surface area is 141 Å². The average Bonchev–Trinajstić information content (AvgIpc) is 3.00. The maximum absolute atomic E-state index is 6.06. The van der Waals surface area contributed by atoms with Crippen molar-refractivity contribution < 1.29 is 4.74 Å². The van der Waals surface area contributed by atoms with Crippen LogP contribution in [-0.2, 0) is 13.0 Å². The first kappa shape index (κ1) is 14.5. The second kappa shape index (κ2) is 6.20. The highest BCUT2D eigenvalue weighted by Crippen LogP contribution is 2.34. The average molecular weight is 314 g/mol. The predicted molar refractivity (Wildman–Crippen MR) is 96.9 cm³/mol. The van der Waals surface area contributed by atoms with Crippen LogP contribution in [-0.4, -0.2) is 4.98 Å². The quantitative estimate of drug-likeness (QED) is 0.750. The molecule has 0 aliphatic carbocycles. The van der Waals surface area contributed by atoms with Crippen LogP contribution < -0.4 is 10.1 Å². The molecule has 0 unspecified atom stereocenters. The summed E-state index contributed by atoms with van der Waals surface area (Å²) in [6, 6.07) is 20.4.